The molecular formula is C35H40N2O3. The van der Waals surface area contributed by atoms with Gasteiger partial charge in [0.2, 0.25) is 5.91 Å². The van der Waals surface area contributed by atoms with E-state index in [1.807, 2.05) is 30.3 Å². The Kier molecular flexibility index (Phi) is 10.8. The van der Waals surface area contributed by atoms with Crippen molar-refractivity contribution in [3.63, 3.8) is 0 Å². The molecule has 0 unspecified atom stereocenters. The van der Waals surface area contributed by atoms with E-state index in [9.17, 15) is 4.79 Å². The van der Waals surface area contributed by atoms with Crippen molar-refractivity contribution >= 4 is 5.91 Å². The van der Waals surface area contributed by atoms with Crippen LogP contribution in [0, 0.1) is 6.92 Å². The molecule has 5 nitrogen and oxygen atoms in total. The van der Waals surface area contributed by atoms with Crippen LogP contribution in [-0.2, 0) is 17.8 Å². The summed E-state index contributed by atoms with van der Waals surface area (Å²) in [6.07, 6.45) is 1.84. The van der Waals surface area contributed by atoms with Gasteiger partial charge in [-0.25, -0.2) is 0 Å². The van der Waals surface area contributed by atoms with Gasteiger partial charge in [-0.1, -0.05) is 78.9 Å². The van der Waals surface area contributed by atoms with Gasteiger partial charge in [-0.05, 0) is 71.8 Å². The van der Waals surface area contributed by atoms with E-state index >= 15 is 0 Å². The Morgan fingerprint density at radius 1 is 0.850 bits per heavy atom. The van der Waals surface area contributed by atoms with Crippen molar-refractivity contribution in [1.29, 1.82) is 0 Å². The van der Waals surface area contributed by atoms with Crippen LogP contribution in [0.2, 0.25) is 0 Å². The summed E-state index contributed by atoms with van der Waals surface area (Å²) >= 11 is 0. The van der Waals surface area contributed by atoms with Gasteiger partial charge in [0, 0.05) is 32.0 Å². The molecule has 0 heterocycles. The Labute approximate surface area is 238 Å². The highest BCUT2D eigenvalue weighted by Gasteiger charge is 2.19. The number of nitrogens with two attached hydrogens (primary N) is 1. The molecule has 0 fully saturated rings. The number of methoxy groups -OCH3 is 1. The number of ether oxygens (including phenoxy) is 2. The van der Waals surface area contributed by atoms with Crippen molar-refractivity contribution in [2.45, 2.75) is 38.6 Å². The van der Waals surface area contributed by atoms with Gasteiger partial charge in [0.15, 0.2) is 0 Å². The molecule has 0 saturated heterocycles. The number of primary amides is 1. The first kappa shape index (κ1) is 28.9. The zero-order valence-electron chi connectivity index (χ0n) is 23.6. The summed E-state index contributed by atoms with van der Waals surface area (Å²) in [6, 6.07) is 35.7. The van der Waals surface area contributed by atoms with Crippen LogP contribution in [0.4, 0.5) is 0 Å². The third-order valence-electron chi connectivity index (χ3n) is 7.24. The van der Waals surface area contributed by atoms with Gasteiger partial charge in [-0.2, -0.15) is 0 Å². The molecule has 208 valence electrons. The largest absolute Gasteiger partial charge is 0.497 e. The van der Waals surface area contributed by atoms with Gasteiger partial charge in [-0.3, -0.25) is 9.69 Å². The monoisotopic (exact) mass is 536 g/mol. The molecule has 0 saturated carbocycles. The van der Waals surface area contributed by atoms with Gasteiger partial charge in [-0.15, -0.1) is 0 Å². The molecule has 0 bridgehead atoms. The summed E-state index contributed by atoms with van der Waals surface area (Å²) < 4.78 is 11.7. The van der Waals surface area contributed by atoms with E-state index in [0.29, 0.717) is 19.4 Å². The normalized spacial score (nSPS) is 11.1. The second-order valence-corrected chi connectivity index (χ2v) is 10.2. The molecule has 0 aromatic heterocycles. The molecule has 4 rings (SSSR count). The van der Waals surface area contributed by atoms with E-state index < -0.39 is 0 Å². The maximum Gasteiger partial charge on any atom is 0.217 e. The summed E-state index contributed by atoms with van der Waals surface area (Å²) in [4.78, 5) is 13.7. The fraction of sp³-hybridized carbons (Fsp3) is 0.286. The van der Waals surface area contributed by atoms with E-state index in [0.717, 1.165) is 43.1 Å². The third-order valence-corrected chi connectivity index (χ3v) is 7.24. The lowest BCUT2D eigenvalue weighted by atomic mass is 9.90. The number of rotatable bonds is 15. The van der Waals surface area contributed by atoms with Gasteiger partial charge in [0.25, 0.3) is 0 Å². The van der Waals surface area contributed by atoms with Gasteiger partial charge < -0.3 is 15.2 Å². The number of hydrogen-bond donors (Lipinski definition) is 1. The predicted octanol–water partition coefficient (Wildman–Crippen LogP) is 6.52. The SMILES string of the molecule is COc1ccc(C)c(CN(CCCOc2cccc(CCC(N)=O)c2)CC(c2ccccc2)c2ccccc2)c1. The molecule has 0 radical (unpaired) electrons. The number of carbonyl (C=O) groups excluding carboxylic acids is 1. The molecule has 0 spiro atoms. The van der Waals surface area contributed by atoms with Gasteiger partial charge in [0.05, 0.1) is 13.7 Å². The van der Waals surface area contributed by atoms with Crippen molar-refractivity contribution in [3.8, 4) is 11.5 Å². The predicted molar refractivity (Wildman–Crippen MR) is 162 cm³/mol. The van der Waals surface area contributed by atoms with Crippen LogP contribution in [0.25, 0.3) is 0 Å². The van der Waals surface area contributed by atoms with Gasteiger partial charge >= 0.3 is 0 Å². The Hall–Kier alpha value is -4.09. The first-order chi connectivity index (χ1) is 19.5. The van der Waals surface area contributed by atoms with Crippen molar-refractivity contribution < 1.29 is 14.3 Å². The first-order valence-corrected chi connectivity index (χ1v) is 14.0. The topological polar surface area (TPSA) is 64.8 Å². The Morgan fingerprint density at radius 2 is 1.55 bits per heavy atom. The van der Waals surface area contributed by atoms with E-state index in [4.69, 9.17) is 15.2 Å². The lowest BCUT2D eigenvalue weighted by Gasteiger charge is -2.29. The molecule has 0 aliphatic carbocycles. The molecule has 2 N–H and O–H groups in total. The second kappa shape index (κ2) is 14.9. The fourth-order valence-electron chi connectivity index (χ4n) is 4.99. The minimum Gasteiger partial charge on any atom is -0.497 e. The smallest absolute Gasteiger partial charge is 0.217 e. The van der Waals surface area contributed by atoms with Crippen LogP contribution < -0.4 is 15.2 Å². The lowest BCUT2D eigenvalue weighted by molar-refractivity contribution is -0.117. The van der Waals surface area contributed by atoms with Crippen molar-refractivity contribution in [3.05, 3.63) is 131 Å². The maximum absolute atomic E-state index is 11.2. The molecule has 4 aromatic carbocycles. The molecule has 1 amide bonds. The number of benzene rings is 4. The van der Waals surface area contributed by atoms with Crippen LogP contribution in [0.3, 0.4) is 0 Å². The van der Waals surface area contributed by atoms with E-state index in [2.05, 4.69) is 84.6 Å². The minimum absolute atomic E-state index is 0.246. The molecule has 0 aliphatic rings. The number of carbonyl (C=O) groups is 1. The van der Waals surface area contributed by atoms with Crippen molar-refractivity contribution in [1.82, 2.24) is 4.90 Å². The minimum atomic E-state index is -0.290. The van der Waals surface area contributed by atoms with Crippen molar-refractivity contribution in [2.24, 2.45) is 5.73 Å². The second-order valence-electron chi connectivity index (χ2n) is 10.2. The molecule has 40 heavy (non-hydrogen) atoms. The average Bonchev–Trinajstić information content (AvgIpc) is 2.99. The average molecular weight is 537 g/mol. The van der Waals surface area contributed by atoms with E-state index in [1.165, 1.54) is 22.3 Å². The zero-order chi connectivity index (χ0) is 28.2. The highest BCUT2D eigenvalue weighted by Crippen LogP contribution is 2.27. The Balaban J connectivity index is 1.49. The van der Waals surface area contributed by atoms with Crippen LogP contribution >= 0.6 is 0 Å². The Bertz CT molecular complexity index is 1300. The van der Waals surface area contributed by atoms with Crippen LogP contribution in [0.5, 0.6) is 11.5 Å². The highest BCUT2D eigenvalue weighted by molar-refractivity contribution is 5.74. The quantitative estimate of drug-likeness (QED) is 0.176. The Morgan fingerprint density at radius 3 is 2.20 bits per heavy atom. The summed E-state index contributed by atoms with van der Waals surface area (Å²) in [7, 11) is 1.72. The summed E-state index contributed by atoms with van der Waals surface area (Å²) in [5.74, 6) is 1.66. The lowest BCUT2D eigenvalue weighted by Crippen LogP contribution is -2.31. The molecular weight excluding hydrogens is 496 g/mol. The number of nitrogens with zero attached hydrogens (tertiary/aromatic N) is 1. The molecule has 4 aromatic rings. The zero-order valence-corrected chi connectivity index (χ0v) is 23.6. The van der Waals surface area contributed by atoms with Crippen LogP contribution in [-0.4, -0.2) is 37.6 Å². The standard InChI is InChI=1S/C35H40N2O3/c1-27-17-19-32(39-2)24-31(27)25-37(21-10-22-40-33-16-9-11-28(23-33)18-20-35(36)38)26-34(29-12-5-3-6-13-29)30-14-7-4-8-15-30/h3-9,11-17,19,23-24,34H,10,18,20-22,25-26H2,1-2H3,(H2,36,38). The summed E-state index contributed by atoms with van der Waals surface area (Å²) in [5.41, 5.74) is 11.5. The molecule has 5 heteroatoms. The maximum atomic E-state index is 11.2. The number of aryl methyl sites for hydroxylation is 2. The molecule has 0 atom stereocenters. The fourth-order valence-corrected chi connectivity index (χ4v) is 4.99. The van der Waals surface area contributed by atoms with Crippen LogP contribution in [0.1, 0.15) is 46.6 Å². The van der Waals surface area contributed by atoms with E-state index in [-0.39, 0.29) is 11.8 Å². The molecule has 0 aliphatic heterocycles. The number of amides is 1. The highest BCUT2D eigenvalue weighted by atomic mass is 16.5. The van der Waals surface area contributed by atoms with Crippen molar-refractivity contribution in [2.75, 3.05) is 26.8 Å². The number of hydrogen-bond acceptors (Lipinski definition) is 4. The van der Waals surface area contributed by atoms with E-state index in [1.54, 1.807) is 7.11 Å². The third kappa shape index (κ3) is 8.72. The summed E-state index contributed by atoms with van der Waals surface area (Å²) in [5, 5.41) is 0. The van der Waals surface area contributed by atoms with Crippen LogP contribution in [0.15, 0.2) is 103 Å². The van der Waals surface area contributed by atoms with Gasteiger partial charge in [0.1, 0.15) is 11.5 Å². The summed E-state index contributed by atoms with van der Waals surface area (Å²) in [6.45, 7) is 5.35. The first-order valence-electron chi connectivity index (χ1n) is 14.0.